The molecule has 1 aromatic heterocycles. The smallest absolute Gasteiger partial charge is 0.240 e. The molecule has 1 saturated heterocycles. The molecule has 1 aliphatic rings. The number of amides is 1. The molecule has 6 nitrogen and oxygen atoms in total. The van der Waals surface area contributed by atoms with Crippen LogP contribution in [-0.2, 0) is 11.4 Å². The number of rotatable bonds is 7. The standard InChI is InChI=1S/C21H21ClN4O2S/c22-16-8-10-17(11-9-16)28-14-18-23-21(25-24-18)29-19(15-6-2-1-3-7-15)20(27)26-12-4-5-13-26/h1-3,6-11,19H,4-5,12-14H2,(H,23,24,25). The molecule has 1 fully saturated rings. The first-order valence-electron chi connectivity index (χ1n) is 9.49. The zero-order valence-corrected chi connectivity index (χ0v) is 17.3. The van der Waals surface area contributed by atoms with Crippen LogP contribution in [0.3, 0.4) is 0 Å². The van der Waals surface area contributed by atoms with Gasteiger partial charge in [0.1, 0.15) is 17.6 Å². The number of hydrogen-bond acceptors (Lipinski definition) is 5. The lowest BCUT2D eigenvalue weighted by molar-refractivity contribution is -0.129. The molecular formula is C21H21ClN4O2S. The maximum absolute atomic E-state index is 13.1. The second kappa shape index (κ2) is 9.33. The number of aromatic amines is 1. The molecule has 0 saturated carbocycles. The van der Waals surface area contributed by atoms with Crippen LogP contribution >= 0.6 is 23.4 Å². The third-order valence-electron chi connectivity index (χ3n) is 4.67. The highest BCUT2D eigenvalue weighted by molar-refractivity contribution is 8.00. The van der Waals surface area contributed by atoms with Crippen molar-refractivity contribution in [3.8, 4) is 5.75 Å². The molecule has 150 valence electrons. The van der Waals surface area contributed by atoms with Crippen LogP contribution in [0.15, 0.2) is 59.8 Å². The fourth-order valence-electron chi connectivity index (χ4n) is 3.18. The van der Waals surface area contributed by atoms with Crippen molar-refractivity contribution < 1.29 is 9.53 Å². The monoisotopic (exact) mass is 428 g/mol. The Bertz CT molecular complexity index is 943. The highest BCUT2D eigenvalue weighted by Gasteiger charge is 2.29. The molecule has 1 unspecified atom stereocenters. The average Bonchev–Trinajstić information content (AvgIpc) is 3.44. The SMILES string of the molecule is O=C(C(Sc1n[nH]c(COc2ccc(Cl)cc2)n1)c1ccccc1)N1CCCC1. The Morgan fingerprint density at radius 1 is 1.14 bits per heavy atom. The molecule has 0 spiro atoms. The normalized spacial score (nSPS) is 14.7. The molecule has 0 aliphatic carbocycles. The third-order valence-corrected chi connectivity index (χ3v) is 6.02. The summed E-state index contributed by atoms with van der Waals surface area (Å²) in [6.45, 7) is 1.89. The highest BCUT2D eigenvalue weighted by atomic mass is 35.5. The second-order valence-corrected chi connectivity index (χ2v) is 8.26. The Kier molecular flexibility index (Phi) is 6.36. The number of carbonyl (C=O) groups is 1. The van der Waals surface area contributed by atoms with E-state index in [1.165, 1.54) is 11.8 Å². The number of halogens is 1. The lowest BCUT2D eigenvalue weighted by atomic mass is 10.1. The summed E-state index contributed by atoms with van der Waals surface area (Å²) >= 11 is 7.25. The fraction of sp³-hybridized carbons (Fsp3) is 0.286. The van der Waals surface area contributed by atoms with Crippen molar-refractivity contribution in [1.82, 2.24) is 20.1 Å². The van der Waals surface area contributed by atoms with Crippen LogP contribution in [-0.4, -0.2) is 39.1 Å². The van der Waals surface area contributed by atoms with Gasteiger partial charge in [0.15, 0.2) is 5.82 Å². The molecule has 3 aromatic rings. The molecule has 1 amide bonds. The van der Waals surface area contributed by atoms with Crippen molar-refractivity contribution >= 4 is 29.3 Å². The molecule has 1 aliphatic heterocycles. The topological polar surface area (TPSA) is 71.1 Å². The van der Waals surface area contributed by atoms with Gasteiger partial charge in [-0.05, 0) is 42.7 Å². The lowest BCUT2D eigenvalue weighted by Crippen LogP contribution is -2.31. The largest absolute Gasteiger partial charge is 0.486 e. The Morgan fingerprint density at radius 3 is 2.59 bits per heavy atom. The van der Waals surface area contributed by atoms with Crippen LogP contribution in [0.25, 0.3) is 0 Å². The van der Waals surface area contributed by atoms with Gasteiger partial charge in [0.05, 0.1) is 0 Å². The number of thioether (sulfide) groups is 1. The zero-order chi connectivity index (χ0) is 20.1. The Balaban J connectivity index is 1.45. The number of H-pyrrole nitrogens is 1. The maximum Gasteiger partial charge on any atom is 0.240 e. The summed E-state index contributed by atoms with van der Waals surface area (Å²) in [5.74, 6) is 1.41. The summed E-state index contributed by atoms with van der Waals surface area (Å²) < 4.78 is 5.70. The minimum atomic E-state index is -0.366. The number of nitrogens with zero attached hydrogens (tertiary/aromatic N) is 3. The second-order valence-electron chi connectivity index (χ2n) is 6.75. The summed E-state index contributed by atoms with van der Waals surface area (Å²) in [7, 11) is 0. The predicted molar refractivity (Wildman–Crippen MR) is 113 cm³/mol. The molecular weight excluding hydrogens is 408 g/mol. The van der Waals surface area contributed by atoms with Crippen LogP contribution < -0.4 is 4.74 Å². The Labute approximate surface area is 178 Å². The minimum Gasteiger partial charge on any atom is -0.486 e. The Morgan fingerprint density at radius 2 is 1.86 bits per heavy atom. The van der Waals surface area contributed by atoms with Gasteiger partial charge in [-0.1, -0.05) is 53.7 Å². The fourth-order valence-corrected chi connectivity index (χ4v) is 4.32. The van der Waals surface area contributed by atoms with Crippen molar-refractivity contribution in [2.45, 2.75) is 29.9 Å². The van der Waals surface area contributed by atoms with Crippen molar-refractivity contribution in [2.24, 2.45) is 0 Å². The molecule has 2 aromatic carbocycles. The molecule has 0 radical (unpaired) electrons. The number of nitrogens with one attached hydrogen (secondary N) is 1. The number of hydrogen-bond donors (Lipinski definition) is 1. The number of carbonyl (C=O) groups excluding carboxylic acids is 1. The summed E-state index contributed by atoms with van der Waals surface area (Å²) in [6, 6.07) is 16.9. The van der Waals surface area contributed by atoms with E-state index in [-0.39, 0.29) is 17.8 Å². The van der Waals surface area contributed by atoms with Crippen LogP contribution in [0.5, 0.6) is 5.75 Å². The average molecular weight is 429 g/mol. The first kappa shape index (κ1) is 19.8. The summed E-state index contributed by atoms with van der Waals surface area (Å²) in [4.78, 5) is 19.5. The number of likely N-dealkylation sites (tertiary alicyclic amines) is 1. The van der Waals surface area contributed by atoms with Gasteiger partial charge in [-0.3, -0.25) is 9.89 Å². The van der Waals surface area contributed by atoms with E-state index in [9.17, 15) is 4.79 Å². The molecule has 2 heterocycles. The zero-order valence-electron chi connectivity index (χ0n) is 15.8. The van der Waals surface area contributed by atoms with Gasteiger partial charge < -0.3 is 9.64 Å². The van der Waals surface area contributed by atoms with Gasteiger partial charge >= 0.3 is 0 Å². The summed E-state index contributed by atoms with van der Waals surface area (Å²) in [5.41, 5.74) is 0.957. The molecule has 29 heavy (non-hydrogen) atoms. The van der Waals surface area contributed by atoms with Crippen molar-refractivity contribution in [3.05, 3.63) is 71.0 Å². The van der Waals surface area contributed by atoms with E-state index < -0.39 is 0 Å². The minimum absolute atomic E-state index is 0.113. The first-order valence-corrected chi connectivity index (χ1v) is 10.7. The van der Waals surface area contributed by atoms with E-state index >= 15 is 0 Å². The first-order chi connectivity index (χ1) is 14.2. The molecule has 1 N–H and O–H groups in total. The molecule has 0 bridgehead atoms. The van der Waals surface area contributed by atoms with Gasteiger partial charge in [-0.15, -0.1) is 5.10 Å². The third kappa shape index (κ3) is 5.10. The van der Waals surface area contributed by atoms with E-state index in [0.717, 1.165) is 31.5 Å². The predicted octanol–water partition coefficient (Wildman–Crippen LogP) is 4.49. The van der Waals surface area contributed by atoms with Crippen molar-refractivity contribution in [2.75, 3.05) is 13.1 Å². The van der Waals surface area contributed by atoms with Crippen molar-refractivity contribution in [1.29, 1.82) is 0 Å². The van der Waals surface area contributed by atoms with Crippen LogP contribution in [0, 0.1) is 0 Å². The van der Waals surface area contributed by atoms with Crippen LogP contribution in [0.4, 0.5) is 0 Å². The van der Waals surface area contributed by atoms with E-state index in [4.69, 9.17) is 16.3 Å². The highest BCUT2D eigenvalue weighted by Crippen LogP contribution is 2.35. The van der Waals surface area contributed by atoms with Crippen molar-refractivity contribution in [3.63, 3.8) is 0 Å². The Hall–Kier alpha value is -2.51. The quantitative estimate of drug-likeness (QED) is 0.561. The number of aromatic nitrogens is 3. The molecule has 1 atom stereocenters. The maximum atomic E-state index is 13.1. The molecule has 4 rings (SSSR count). The summed E-state index contributed by atoms with van der Waals surface area (Å²) in [6.07, 6.45) is 2.12. The van der Waals surface area contributed by atoms with Gasteiger partial charge in [-0.2, -0.15) is 0 Å². The van der Waals surface area contributed by atoms with E-state index in [0.29, 0.717) is 21.8 Å². The van der Waals surface area contributed by atoms with Crippen LogP contribution in [0.2, 0.25) is 5.02 Å². The number of benzene rings is 2. The van der Waals surface area contributed by atoms with E-state index in [2.05, 4.69) is 15.2 Å². The van der Waals surface area contributed by atoms with Gasteiger partial charge in [0.25, 0.3) is 0 Å². The summed E-state index contributed by atoms with van der Waals surface area (Å²) in [5, 5.41) is 7.99. The lowest BCUT2D eigenvalue weighted by Gasteiger charge is -2.22. The van der Waals surface area contributed by atoms with Gasteiger partial charge in [0.2, 0.25) is 11.1 Å². The van der Waals surface area contributed by atoms with Gasteiger partial charge in [-0.25, -0.2) is 4.98 Å². The molecule has 8 heteroatoms. The van der Waals surface area contributed by atoms with E-state index in [1.54, 1.807) is 24.3 Å². The number of ether oxygens (including phenoxy) is 1. The van der Waals surface area contributed by atoms with E-state index in [1.807, 2.05) is 35.2 Å². The van der Waals surface area contributed by atoms with Crippen LogP contribution in [0.1, 0.15) is 29.5 Å². The van der Waals surface area contributed by atoms with Gasteiger partial charge in [0, 0.05) is 18.1 Å².